The summed E-state index contributed by atoms with van der Waals surface area (Å²) in [6.07, 6.45) is 5.04. The Morgan fingerprint density at radius 1 is 0.894 bits per heavy atom. The second-order valence-corrected chi connectivity index (χ2v) is 13.5. The Morgan fingerprint density at radius 3 is 2.17 bits per heavy atom. The molecule has 2 amide bonds. The number of hydrogen-bond acceptors (Lipinski definition) is 9. The zero-order chi connectivity index (χ0) is 33.8. The van der Waals surface area contributed by atoms with Crippen LogP contribution in [0.2, 0.25) is 0 Å². The van der Waals surface area contributed by atoms with Gasteiger partial charge >= 0.3 is 5.97 Å². The molecule has 258 valence electrons. The highest BCUT2D eigenvalue weighted by Crippen LogP contribution is 2.39. The molecule has 4 atom stereocenters. The Labute approximate surface area is 277 Å². The third kappa shape index (κ3) is 11.7. The molecule has 2 aliphatic rings. The number of amides is 2. The molecule has 2 fully saturated rings. The summed E-state index contributed by atoms with van der Waals surface area (Å²) >= 11 is 0. The normalized spacial score (nSPS) is 21.7. The van der Waals surface area contributed by atoms with Crippen molar-refractivity contribution in [1.29, 1.82) is 0 Å². The monoisotopic (exact) mass is 653 g/mol. The highest BCUT2D eigenvalue weighted by Gasteiger charge is 2.38. The van der Waals surface area contributed by atoms with Crippen LogP contribution in [0, 0.1) is 0 Å². The lowest BCUT2D eigenvalue weighted by Gasteiger charge is -2.38. The lowest BCUT2D eigenvalue weighted by molar-refractivity contribution is -0.253. The third-order valence-electron chi connectivity index (χ3n) is 8.52. The van der Waals surface area contributed by atoms with E-state index in [0.717, 1.165) is 60.9 Å². The number of benzene rings is 2. The number of nitrogens with zero attached hydrogens (tertiary/aromatic N) is 1. The minimum Gasteiger partial charge on any atom is -0.459 e. The lowest BCUT2D eigenvalue weighted by Crippen LogP contribution is -2.45. The number of ether oxygens (including phenoxy) is 3. The van der Waals surface area contributed by atoms with Crippen LogP contribution in [0.25, 0.3) is 0 Å². The lowest BCUT2D eigenvalue weighted by atomic mass is 9.99. The van der Waals surface area contributed by atoms with E-state index in [1.54, 1.807) is 5.48 Å². The summed E-state index contributed by atoms with van der Waals surface area (Å²) in [5, 5.41) is 21.0. The molecule has 0 aliphatic carbocycles. The van der Waals surface area contributed by atoms with Crippen molar-refractivity contribution in [2.75, 3.05) is 13.1 Å². The molecule has 0 spiro atoms. The topological polar surface area (TPSA) is 147 Å². The predicted octanol–water partition coefficient (Wildman–Crippen LogP) is 4.99. The van der Waals surface area contributed by atoms with Gasteiger partial charge in [0.05, 0.1) is 18.8 Å². The molecule has 11 nitrogen and oxygen atoms in total. The maximum atomic E-state index is 13.0. The minimum atomic E-state index is -0.619. The molecule has 4 rings (SSSR count). The van der Waals surface area contributed by atoms with Crippen molar-refractivity contribution in [2.45, 2.75) is 122 Å². The van der Waals surface area contributed by atoms with Gasteiger partial charge in [-0.05, 0) is 69.7 Å². The number of esters is 1. The molecular formula is C36H51N3O8. The Balaban J connectivity index is 1.35. The van der Waals surface area contributed by atoms with Crippen LogP contribution < -0.4 is 10.8 Å². The first-order chi connectivity index (χ1) is 22.5. The zero-order valence-electron chi connectivity index (χ0n) is 27.9. The van der Waals surface area contributed by atoms with Crippen LogP contribution in [0.15, 0.2) is 48.5 Å². The Kier molecular flexibility index (Phi) is 13.7. The average molecular weight is 654 g/mol. The van der Waals surface area contributed by atoms with Crippen LogP contribution in [0.4, 0.5) is 0 Å². The molecule has 4 N–H and O–H groups in total. The van der Waals surface area contributed by atoms with E-state index in [2.05, 4.69) is 10.2 Å². The molecule has 2 aromatic rings. The molecule has 2 aromatic carbocycles. The second kappa shape index (κ2) is 17.7. The Morgan fingerprint density at radius 2 is 1.53 bits per heavy atom. The number of nitrogens with one attached hydrogen (secondary N) is 2. The number of hydrogen-bond donors (Lipinski definition) is 4. The van der Waals surface area contributed by atoms with E-state index in [1.165, 1.54) is 0 Å². The quantitative estimate of drug-likeness (QED) is 0.0904. The molecule has 0 radical (unpaired) electrons. The SMILES string of the molecule is CC(C)(C)OC(=O)C1CCCN1CC1CC(c2ccc(CO)cc2)OC(c2ccc(CNC(=O)CCCCCCC(=O)NO)cc2)O1. The molecule has 4 unspecified atom stereocenters. The number of carbonyl (C=O) groups is 3. The summed E-state index contributed by atoms with van der Waals surface area (Å²) in [5.41, 5.74) is 4.73. The van der Waals surface area contributed by atoms with Crippen molar-refractivity contribution in [3.05, 3.63) is 70.8 Å². The van der Waals surface area contributed by atoms with Gasteiger partial charge in [0.2, 0.25) is 11.8 Å². The highest BCUT2D eigenvalue weighted by atomic mass is 16.7. The third-order valence-corrected chi connectivity index (χ3v) is 8.52. The summed E-state index contributed by atoms with van der Waals surface area (Å²) in [6, 6.07) is 15.3. The predicted molar refractivity (Wildman–Crippen MR) is 175 cm³/mol. The average Bonchev–Trinajstić information content (AvgIpc) is 3.53. The first-order valence-electron chi connectivity index (χ1n) is 16.8. The van der Waals surface area contributed by atoms with Gasteiger partial charge in [-0.3, -0.25) is 24.5 Å². The summed E-state index contributed by atoms with van der Waals surface area (Å²) in [4.78, 5) is 38.6. The molecule has 0 saturated carbocycles. The number of unbranched alkanes of at least 4 members (excludes halogenated alkanes) is 3. The van der Waals surface area contributed by atoms with Gasteiger partial charge in [-0.2, -0.15) is 0 Å². The van der Waals surface area contributed by atoms with Gasteiger partial charge in [0, 0.05) is 37.9 Å². The molecule has 2 aliphatic heterocycles. The zero-order valence-corrected chi connectivity index (χ0v) is 27.9. The van der Waals surface area contributed by atoms with Gasteiger partial charge in [-0.15, -0.1) is 0 Å². The van der Waals surface area contributed by atoms with Gasteiger partial charge in [0.1, 0.15) is 11.6 Å². The van der Waals surface area contributed by atoms with Gasteiger partial charge in [0.15, 0.2) is 6.29 Å². The number of aliphatic hydroxyl groups is 1. The van der Waals surface area contributed by atoms with E-state index in [-0.39, 0.29) is 49.1 Å². The summed E-state index contributed by atoms with van der Waals surface area (Å²) < 4.78 is 18.7. The first-order valence-corrected chi connectivity index (χ1v) is 16.8. The molecule has 0 aromatic heterocycles. The van der Waals surface area contributed by atoms with E-state index in [1.807, 2.05) is 69.3 Å². The number of aliphatic hydroxyl groups excluding tert-OH is 1. The maximum Gasteiger partial charge on any atom is 0.323 e. The summed E-state index contributed by atoms with van der Waals surface area (Å²) in [5.74, 6) is -0.605. The van der Waals surface area contributed by atoms with Gasteiger partial charge in [-0.25, -0.2) is 5.48 Å². The van der Waals surface area contributed by atoms with Gasteiger partial charge in [0.25, 0.3) is 0 Å². The van der Waals surface area contributed by atoms with E-state index in [0.29, 0.717) is 32.4 Å². The van der Waals surface area contributed by atoms with Crippen molar-refractivity contribution in [3.63, 3.8) is 0 Å². The van der Waals surface area contributed by atoms with Crippen LogP contribution >= 0.6 is 0 Å². The molecule has 2 saturated heterocycles. The fraction of sp³-hybridized carbons (Fsp3) is 0.583. The summed E-state index contributed by atoms with van der Waals surface area (Å²) in [7, 11) is 0. The summed E-state index contributed by atoms with van der Waals surface area (Å²) in [6.45, 7) is 7.42. The van der Waals surface area contributed by atoms with Crippen molar-refractivity contribution in [1.82, 2.24) is 15.7 Å². The van der Waals surface area contributed by atoms with Gasteiger partial charge < -0.3 is 24.6 Å². The van der Waals surface area contributed by atoms with Crippen molar-refractivity contribution < 1.29 is 38.9 Å². The molecule has 11 heteroatoms. The van der Waals surface area contributed by atoms with E-state index >= 15 is 0 Å². The standard InChI is InChI=1S/C36H51N3O8/c1-36(2,3)47-34(43)30-9-8-20-39(30)23-29-21-31(27-16-14-26(24-40)15-17-27)46-35(45-29)28-18-12-25(13-19-28)22-37-32(41)10-6-4-5-7-11-33(42)38-44/h12-19,29-31,35,40,44H,4-11,20-24H2,1-3H3,(H,37,41)(H,38,42). The number of hydroxylamine groups is 1. The molecule has 0 bridgehead atoms. The molecule has 2 heterocycles. The van der Waals surface area contributed by atoms with E-state index < -0.39 is 11.9 Å². The number of carbonyl (C=O) groups excluding carboxylic acids is 3. The van der Waals surface area contributed by atoms with Gasteiger partial charge in [-0.1, -0.05) is 61.4 Å². The highest BCUT2D eigenvalue weighted by molar-refractivity contribution is 5.76. The van der Waals surface area contributed by atoms with Crippen molar-refractivity contribution >= 4 is 17.8 Å². The smallest absolute Gasteiger partial charge is 0.323 e. The van der Waals surface area contributed by atoms with E-state index in [4.69, 9.17) is 19.4 Å². The van der Waals surface area contributed by atoms with Crippen molar-refractivity contribution in [2.24, 2.45) is 0 Å². The van der Waals surface area contributed by atoms with Crippen LogP contribution in [0.3, 0.4) is 0 Å². The molecular weight excluding hydrogens is 602 g/mol. The van der Waals surface area contributed by atoms with E-state index in [9.17, 15) is 19.5 Å². The largest absolute Gasteiger partial charge is 0.459 e. The second-order valence-electron chi connectivity index (χ2n) is 13.5. The van der Waals surface area contributed by atoms with Crippen LogP contribution in [0.5, 0.6) is 0 Å². The maximum absolute atomic E-state index is 13.0. The minimum absolute atomic E-state index is 0.0226. The van der Waals surface area contributed by atoms with Crippen LogP contribution in [-0.4, -0.2) is 63.8 Å². The fourth-order valence-electron chi connectivity index (χ4n) is 6.04. The molecule has 47 heavy (non-hydrogen) atoms. The number of likely N-dealkylation sites (tertiary alicyclic amines) is 1. The number of rotatable bonds is 15. The van der Waals surface area contributed by atoms with Crippen LogP contribution in [-0.2, 0) is 41.7 Å². The van der Waals surface area contributed by atoms with Crippen molar-refractivity contribution in [3.8, 4) is 0 Å². The fourth-order valence-corrected chi connectivity index (χ4v) is 6.04. The first kappa shape index (κ1) is 36.5. The van der Waals surface area contributed by atoms with Crippen LogP contribution in [0.1, 0.15) is 113 Å². The Bertz CT molecular complexity index is 1290. The Hall–Kier alpha value is -3.35.